The molecule has 2 saturated carbocycles. The monoisotopic (exact) mass is 497 g/mol. The molecule has 0 spiro atoms. The van der Waals surface area contributed by atoms with Crippen molar-refractivity contribution in [2.75, 3.05) is 0 Å². The van der Waals surface area contributed by atoms with E-state index in [0.717, 1.165) is 18.4 Å². The summed E-state index contributed by atoms with van der Waals surface area (Å²) in [7, 11) is 0. The molecule has 2 atom stereocenters. The van der Waals surface area contributed by atoms with E-state index < -0.39 is 23.1 Å². The Bertz CT molecular complexity index is 1660. The van der Waals surface area contributed by atoms with Crippen LogP contribution in [-0.2, 0) is 4.79 Å². The minimum absolute atomic E-state index is 0.0408. The van der Waals surface area contributed by atoms with Crippen molar-refractivity contribution in [3.8, 4) is 16.8 Å². The Labute approximate surface area is 211 Å². The highest BCUT2D eigenvalue weighted by Crippen LogP contribution is 2.59. The summed E-state index contributed by atoms with van der Waals surface area (Å²) in [5.74, 6) is -2.10. The molecule has 37 heavy (non-hydrogen) atoms. The molecular formula is C29H24FN3O4. The van der Waals surface area contributed by atoms with Crippen molar-refractivity contribution in [3.63, 3.8) is 0 Å². The first-order valence-electron chi connectivity index (χ1n) is 12.2. The summed E-state index contributed by atoms with van der Waals surface area (Å²) in [6.45, 7) is 1.64. The number of hydrogen-bond acceptors (Lipinski definition) is 4. The lowest BCUT2D eigenvalue weighted by molar-refractivity contribution is -0.142. The van der Waals surface area contributed by atoms with E-state index in [1.165, 1.54) is 12.3 Å². The SMILES string of the molecule is CC1(C(=O)O)CC1c1ccc(-c2cccc(-n3cc(C(=O)NC4CC4)c(=O)c4cccnc43)c2)cc1F. The van der Waals surface area contributed by atoms with Crippen molar-refractivity contribution in [1.82, 2.24) is 14.9 Å². The van der Waals surface area contributed by atoms with Gasteiger partial charge in [0.15, 0.2) is 0 Å². The zero-order valence-corrected chi connectivity index (χ0v) is 20.1. The second-order valence-electron chi connectivity index (χ2n) is 10.1. The van der Waals surface area contributed by atoms with Gasteiger partial charge in [-0.2, -0.15) is 0 Å². The number of pyridine rings is 2. The number of carboxylic acid groups (broad SMARTS) is 1. The van der Waals surface area contributed by atoms with Crippen LogP contribution in [0.2, 0.25) is 0 Å². The normalized spacial score (nSPS) is 20.5. The highest BCUT2D eigenvalue weighted by molar-refractivity contribution is 5.97. The van der Waals surface area contributed by atoms with Gasteiger partial charge < -0.3 is 15.0 Å². The number of carbonyl (C=O) groups is 2. The molecule has 2 aromatic heterocycles. The maximum atomic E-state index is 15.1. The first-order chi connectivity index (χ1) is 17.8. The molecule has 1 amide bonds. The molecule has 2 aromatic carbocycles. The van der Waals surface area contributed by atoms with Crippen LogP contribution in [0, 0.1) is 11.2 Å². The molecule has 2 aliphatic rings. The van der Waals surface area contributed by atoms with Gasteiger partial charge in [-0.1, -0.05) is 24.3 Å². The lowest BCUT2D eigenvalue weighted by Crippen LogP contribution is -2.31. The number of benzene rings is 2. The minimum Gasteiger partial charge on any atom is -0.481 e. The highest BCUT2D eigenvalue weighted by atomic mass is 19.1. The van der Waals surface area contributed by atoms with E-state index in [9.17, 15) is 19.5 Å². The zero-order valence-electron chi connectivity index (χ0n) is 20.1. The fraction of sp³-hybridized carbons (Fsp3) is 0.241. The van der Waals surface area contributed by atoms with Gasteiger partial charge in [0.05, 0.1) is 10.8 Å². The standard InChI is InChI=1S/C29H24FN3O4/c1-29(28(36)37)14-23(29)20-10-7-17(13-24(20)30)16-4-2-5-19(12-16)33-15-22(27(35)32-18-8-9-18)25(34)21-6-3-11-31-26(21)33/h2-7,10-13,15,18,23H,8-9,14H2,1H3,(H,32,35)(H,36,37). The van der Waals surface area contributed by atoms with Crippen molar-refractivity contribution < 1.29 is 19.1 Å². The molecular weight excluding hydrogens is 473 g/mol. The number of nitrogens with one attached hydrogen (secondary N) is 1. The average molecular weight is 498 g/mol. The van der Waals surface area contributed by atoms with Gasteiger partial charge in [0.25, 0.3) is 5.91 Å². The predicted molar refractivity (Wildman–Crippen MR) is 136 cm³/mol. The van der Waals surface area contributed by atoms with E-state index in [4.69, 9.17) is 0 Å². The number of carbonyl (C=O) groups excluding carboxylic acids is 1. The molecule has 0 radical (unpaired) electrons. The summed E-state index contributed by atoms with van der Waals surface area (Å²) in [6.07, 6.45) is 5.32. The summed E-state index contributed by atoms with van der Waals surface area (Å²) >= 11 is 0. The van der Waals surface area contributed by atoms with Gasteiger partial charge in [0.2, 0.25) is 5.43 Å². The summed E-state index contributed by atoms with van der Waals surface area (Å²) in [5.41, 5.74) is 1.58. The molecule has 2 aliphatic carbocycles. The summed E-state index contributed by atoms with van der Waals surface area (Å²) in [6, 6.07) is 15.6. The first kappa shape index (κ1) is 23.1. The van der Waals surface area contributed by atoms with Crippen LogP contribution in [-0.4, -0.2) is 32.6 Å². The molecule has 4 aromatic rings. The van der Waals surface area contributed by atoms with Crippen molar-refractivity contribution in [3.05, 3.63) is 94.2 Å². The van der Waals surface area contributed by atoms with Crippen LogP contribution in [0.15, 0.2) is 71.8 Å². The summed E-state index contributed by atoms with van der Waals surface area (Å²) in [5, 5.41) is 12.6. The van der Waals surface area contributed by atoms with Gasteiger partial charge in [-0.25, -0.2) is 9.37 Å². The van der Waals surface area contributed by atoms with Crippen LogP contribution < -0.4 is 10.7 Å². The molecule has 6 rings (SSSR count). The maximum absolute atomic E-state index is 15.1. The Morgan fingerprint density at radius 2 is 1.89 bits per heavy atom. The number of aliphatic carboxylic acids is 1. The quantitative estimate of drug-likeness (QED) is 0.403. The number of fused-ring (bicyclic) bond motifs is 1. The number of aromatic nitrogens is 2. The lowest BCUT2D eigenvalue weighted by Gasteiger charge is -2.14. The maximum Gasteiger partial charge on any atom is 0.309 e. The van der Waals surface area contributed by atoms with E-state index >= 15 is 4.39 Å². The minimum atomic E-state index is -0.926. The van der Waals surface area contributed by atoms with E-state index in [2.05, 4.69) is 10.3 Å². The zero-order chi connectivity index (χ0) is 25.9. The van der Waals surface area contributed by atoms with Crippen molar-refractivity contribution in [1.29, 1.82) is 0 Å². The van der Waals surface area contributed by atoms with Gasteiger partial charge in [0, 0.05) is 30.0 Å². The van der Waals surface area contributed by atoms with E-state index in [1.54, 1.807) is 42.0 Å². The van der Waals surface area contributed by atoms with Crippen LogP contribution in [0.4, 0.5) is 4.39 Å². The van der Waals surface area contributed by atoms with Crippen molar-refractivity contribution in [2.45, 2.75) is 38.1 Å². The third kappa shape index (κ3) is 3.98. The van der Waals surface area contributed by atoms with Crippen LogP contribution in [0.25, 0.3) is 27.8 Å². The van der Waals surface area contributed by atoms with Crippen LogP contribution in [0.1, 0.15) is 48.0 Å². The first-order valence-corrected chi connectivity index (χ1v) is 12.2. The van der Waals surface area contributed by atoms with E-state index in [0.29, 0.717) is 34.3 Å². The third-order valence-electron chi connectivity index (χ3n) is 7.48. The number of rotatable bonds is 6. The molecule has 0 saturated heterocycles. The van der Waals surface area contributed by atoms with Gasteiger partial charge in [-0.15, -0.1) is 0 Å². The Kier molecular flexibility index (Phi) is 5.22. The second-order valence-corrected chi connectivity index (χ2v) is 10.1. The smallest absolute Gasteiger partial charge is 0.309 e. The Hall–Kier alpha value is -4.33. The van der Waals surface area contributed by atoms with E-state index in [1.807, 2.05) is 24.3 Å². The number of amides is 1. The Morgan fingerprint density at radius 1 is 1.11 bits per heavy atom. The summed E-state index contributed by atoms with van der Waals surface area (Å²) in [4.78, 5) is 41.8. The lowest BCUT2D eigenvalue weighted by atomic mass is 9.97. The molecule has 8 heteroatoms. The number of hydrogen-bond donors (Lipinski definition) is 2. The topological polar surface area (TPSA) is 101 Å². The predicted octanol–water partition coefficient (Wildman–Crippen LogP) is 4.66. The molecule has 7 nitrogen and oxygen atoms in total. The van der Waals surface area contributed by atoms with Crippen molar-refractivity contribution >= 4 is 22.9 Å². The molecule has 186 valence electrons. The average Bonchev–Trinajstić information content (AvgIpc) is 3.82. The van der Waals surface area contributed by atoms with Crippen LogP contribution >= 0.6 is 0 Å². The van der Waals surface area contributed by atoms with Crippen molar-refractivity contribution in [2.24, 2.45) is 5.41 Å². The van der Waals surface area contributed by atoms with Gasteiger partial charge in [-0.05, 0) is 73.2 Å². The molecule has 0 bridgehead atoms. The van der Waals surface area contributed by atoms with Gasteiger partial charge >= 0.3 is 5.97 Å². The molecule has 2 heterocycles. The second kappa shape index (κ2) is 8.37. The number of nitrogens with zero attached hydrogens (tertiary/aromatic N) is 2. The molecule has 2 fully saturated rings. The van der Waals surface area contributed by atoms with E-state index in [-0.39, 0.29) is 23.0 Å². The largest absolute Gasteiger partial charge is 0.481 e. The molecule has 2 unspecified atom stereocenters. The number of halogens is 1. The molecule has 2 N–H and O–H groups in total. The van der Waals surface area contributed by atoms with Crippen LogP contribution in [0.3, 0.4) is 0 Å². The third-order valence-corrected chi connectivity index (χ3v) is 7.48. The Balaban J connectivity index is 1.40. The number of carboxylic acids is 1. The van der Waals surface area contributed by atoms with Gasteiger partial charge in [-0.3, -0.25) is 14.4 Å². The highest BCUT2D eigenvalue weighted by Gasteiger charge is 2.57. The van der Waals surface area contributed by atoms with Crippen LogP contribution in [0.5, 0.6) is 0 Å². The fourth-order valence-electron chi connectivity index (χ4n) is 4.89. The molecule has 0 aliphatic heterocycles. The fourth-order valence-corrected chi connectivity index (χ4v) is 4.89. The summed E-state index contributed by atoms with van der Waals surface area (Å²) < 4.78 is 16.8. The Morgan fingerprint density at radius 3 is 2.59 bits per heavy atom. The van der Waals surface area contributed by atoms with Gasteiger partial charge in [0.1, 0.15) is 17.0 Å².